The maximum atomic E-state index is 13.9. The van der Waals surface area contributed by atoms with E-state index >= 15 is 0 Å². The van der Waals surface area contributed by atoms with Crippen molar-refractivity contribution >= 4 is 17.5 Å². The van der Waals surface area contributed by atoms with Gasteiger partial charge in [0.15, 0.2) is 17.3 Å². The van der Waals surface area contributed by atoms with Crippen molar-refractivity contribution in [1.29, 1.82) is 0 Å². The van der Waals surface area contributed by atoms with Gasteiger partial charge in [-0.3, -0.25) is 4.79 Å². The van der Waals surface area contributed by atoms with Gasteiger partial charge in [-0.05, 0) is 12.1 Å². The van der Waals surface area contributed by atoms with E-state index in [4.69, 9.17) is 9.47 Å². The van der Waals surface area contributed by atoms with E-state index in [-0.39, 0.29) is 17.1 Å². The number of carbonyl (C=O) groups excluding carboxylic acids is 1. The van der Waals surface area contributed by atoms with Gasteiger partial charge in [0.2, 0.25) is 0 Å². The minimum Gasteiger partial charge on any atom is -0.494 e. The van der Waals surface area contributed by atoms with Crippen molar-refractivity contribution in [1.82, 2.24) is 0 Å². The molecule has 0 N–H and O–H groups in total. The van der Waals surface area contributed by atoms with Gasteiger partial charge in [0, 0.05) is 11.5 Å². The van der Waals surface area contributed by atoms with E-state index in [2.05, 4.69) is 0 Å². The van der Waals surface area contributed by atoms with Crippen LogP contribution in [0.4, 0.5) is 4.39 Å². The van der Waals surface area contributed by atoms with Crippen molar-refractivity contribution in [2.75, 3.05) is 25.2 Å². The van der Waals surface area contributed by atoms with E-state index in [1.54, 1.807) is 17.8 Å². The molecule has 1 aromatic rings. The van der Waals surface area contributed by atoms with Gasteiger partial charge < -0.3 is 9.47 Å². The number of carbonyl (C=O) groups is 1. The van der Waals surface area contributed by atoms with Crippen LogP contribution in [-0.2, 0) is 4.74 Å². The van der Waals surface area contributed by atoms with E-state index in [9.17, 15) is 9.18 Å². The molecule has 3 nitrogen and oxygen atoms in total. The molecule has 5 heteroatoms. The number of Topliss-reactive ketones (excluding diaryl/α,β-unsaturated/α-hetero) is 1. The molecule has 1 aromatic carbocycles. The standard InChI is InChI=1S/C12H13FO3S/c1-15-9-4-2-3-8(11(9)13)12(14)10-7-17-6-5-16-10/h2-4,10H,5-7H2,1H3. The predicted molar refractivity (Wildman–Crippen MR) is 64.3 cm³/mol. The second kappa shape index (κ2) is 5.51. The third-order valence-corrected chi connectivity index (χ3v) is 3.55. The highest BCUT2D eigenvalue weighted by Crippen LogP contribution is 2.23. The molecular weight excluding hydrogens is 243 g/mol. The number of hydrogen-bond acceptors (Lipinski definition) is 4. The number of hydrogen-bond donors (Lipinski definition) is 0. The molecule has 92 valence electrons. The van der Waals surface area contributed by atoms with Crippen molar-refractivity contribution in [2.24, 2.45) is 0 Å². The smallest absolute Gasteiger partial charge is 0.195 e. The molecule has 1 unspecified atom stereocenters. The van der Waals surface area contributed by atoms with E-state index in [1.807, 2.05) is 0 Å². The lowest BCUT2D eigenvalue weighted by Gasteiger charge is -2.21. The molecule has 0 saturated carbocycles. The zero-order valence-electron chi connectivity index (χ0n) is 9.44. The van der Waals surface area contributed by atoms with Crippen LogP contribution in [0.15, 0.2) is 18.2 Å². The van der Waals surface area contributed by atoms with Gasteiger partial charge in [-0.2, -0.15) is 11.8 Å². The number of methoxy groups -OCH3 is 1. The Morgan fingerprint density at radius 2 is 2.41 bits per heavy atom. The summed E-state index contributed by atoms with van der Waals surface area (Å²) in [5, 5.41) is 0. The van der Waals surface area contributed by atoms with Gasteiger partial charge in [0.1, 0.15) is 6.10 Å². The van der Waals surface area contributed by atoms with Crippen LogP contribution in [0.2, 0.25) is 0 Å². The molecule has 0 radical (unpaired) electrons. The number of ketones is 1. The summed E-state index contributed by atoms with van der Waals surface area (Å²) in [5.74, 6) is 0.618. The number of ether oxygens (including phenoxy) is 2. The van der Waals surface area contributed by atoms with Crippen LogP contribution in [0, 0.1) is 5.82 Å². The van der Waals surface area contributed by atoms with Crippen LogP contribution < -0.4 is 4.74 Å². The Balaban J connectivity index is 2.23. The average molecular weight is 256 g/mol. The molecule has 0 aliphatic carbocycles. The predicted octanol–water partition coefficient (Wildman–Crippen LogP) is 2.15. The van der Waals surface area contributed by atoms with Gasteiger partial charge in [0.25, 0.3) is 0 Å². The Bertz CT molecular complexity index is 416. The van der Waals surface area contributed by atoms with Crippen LogP contribution in [0.5, 0.6) is 5.75 Å². The Morgan fingerprint density at radius 3 is 3.06 bits per heavy atom. The number of rotatable bonds is 3. The van der Waals surface area contributed by atoms with Gasteiger partial charge in [0.05, 0.1) is 19.3 Å². The molecule has 17 heavy (non-hydrogen) atoms. The Kier molecular flexibility index (Phi) is 4.02. The average Bonchev–Trinajstić information content (AvgIpc) is 2.39. The quantitative estimate of drug-likeness (QED) is 0.776. The van der Waals surface area contributed by atoms with Crippen molar-refractivity contribution in [2.45, 2.75) is 6.10 Å². The second-order valence-electron chi connectivity index (χ2n) is 3.62. The molecule has 1 fully saturated rings. The highest BCUT2D eigenvalue weighted by atomic mass is 32.2. The van der Waals surface area contributed by atoms with Gasteiger partial charge in [-0.25, -0.2) is 4.39 Å². The fourth-order valence-electron chi connectivity index (χ4n) is 1.67. The lowest BCUT2D eigenvalue weighted by Crippen LogP contribution is -2.32. The zero-order chi connectivity index (χ0) is 12.3. The molecule has 1 aliphatic rings. The van der Waals surface area contributed by atoms with E-state index in [0.29, 0.717) is 12.4 Å². The van der Waals surface area contributed by atoms with Gasteiger partial charge in [-0.1, -0.05) is 6.07 Å². The van der Waals surface area contributed by atoms with Crippen LogP contribution in [0.3, 0.4) is 0 Å². The summed E-state index contributed by atoms with van der Waals surface area (Å²) < 4.78 is 24.1. The van der Waals surface area contributed by atoms with Crippen LogP contribution in [-0.4, -0.2) is 37.1 Å². The first-order chi connectivity index (χ1) is 8.24. The van der Waals surface area contributed by atoms with Crippen LogP contribution in [0.1, 0.15) is 10.4 Å². The molecule has 2 rings (SSSR count). The second-order valence-corrected chi connectivity index (χ2v) is 4.77. The lowest BCUT2D eigenvalue weighted by atomic mass is 10.1. The Hall–Kier alpha value is -1.07. The summed E-state index contributed by atoms with van der Waals surface area (Å²) in [6.45, 7) is 0.534. The summed E-state index contributed by atoms with van der Waals surface area (Å²) in [5.41, 5.74) is 0.0388. The van der Waals surface area contributed by atoms with Crippen LogP contribution >= 0.6 is 11.8 Å². The molecule has 0 spiro atoms. The van der Waals surface area contributed by atoms with Crippen molar-refractivity contribution < 1.29 is 18.7 Å². The van der Waals surface area contributed by atoms with Gasteiger partial charge >= 0.3 is 0 Å². The fourth-order valence-corrected chi connectivity index (χ4v) is 2.51. The normalized spacial score (nSPS) is 20.0. The first-order valence-electron chi connectivity index (χ1n) is 5.30. The Morgan fingerprint density at radius 1 is 1.59 bits per heavy atom. The van der Waals surface area contributed by atoms with E-state index < -0.39 is 11.9 Å². The van der Waals surface area contributed by atoms with Gasteiger partial charge in [-0.15, -0.1) is 0 Å². The SMILES string of the molecule is COc1cccc(C(=O)C2CSCCO2)c1F. The van der Waals surface area contributed by atoms with E-state index in [0.717, 1.165) is 5.75 Å². The minimum atomic E-state index is -0.612. The molecule has 1 atom stereocenters. The fraction of sp³-hybridized carbons (Fsp3) is 0.417. The molecule has 0 aromatic heterocycles. The molecule has 0 amide bonds. The monoisotopic (exact) mass is 256 g/mol. The highest BCUT2D eigenvalue weighted by molar-refractivity contribution is 7.99. The van der Waals surface area contributed by atoms with Crippen molar-refractivity contribution in [3.05, 3.63) is 29.6 Å². The summed E-state index contributed by atoms with van der Waals surface area (Å²) in [6, 6.07) is 4.55. The maximum Gasteiger partial charge on any atom is 0.195 e. The Labute approximate surface area is 103 Å². The van der Waals surface area contributed by atoms with E-state index in [1.165, 1.54) is 19.2 Å². The largest absolute Gasteiger partial charge is 0.494 e. The molecule has 0 bridgehead atoms. The first-order valence-corrected chi connectivity index (χ1v) is 6.45. The summed E-state index contributed by atoms with van der Waals surface area (Å²) in [6.07, 6.45) is -0.546. The molecule has 1 aliphatic heterocycles. The summed E-state index contributed by atoms with van der Waals surface area (Å²) in [7, 11) is 1.37. The van der Waals surface area contributed by atoms with Crippen molar-refractivity contribution in [3.8, 4) is 5.75 Å². The highest BCUT2D eigenvalue weighted by Gasteiger charge is 2.26. The van der Waals surface area contributed by atoms with Crippen molar-refractivity contribution in [3.63, 3.8) is 0 Å². The molecule has 1 saturated heterocycles. The number of halogens is 1. The third-order valence-electron chi connectivity index (χ3n) is 2.56. The van der Waals surface area contributed by atoms with Crippen LogP contribution in [0.25, 0.3) is 0 Å². The molecule has 1 heterocycles. The summed E-state index contributed by atoms with van der Waals surface area (Å²) >= 11 is 1.64. The molecular formula is C12H13FO3S. The number of benzene rings is 1. The summed E-state index contributed by atoms with van der Waals surface area (Å²) in [4.78, 5) is 12.1. The third kappa shape index (κ3) is 2.61. The zero-order valence-corrected chi connectivity index (χ0v) is 10.3. The lowest BCUT2D eigenvalue weighted by molar-refractivity contribution is 0.0514. The minimum absolute atomic E-state index is 0.0388. The maximum absolute atomic E-state index is 13.9. The topological polar surface area (TPSA) is 35.5 Å². The first kappa shape index (κ1) is 12.4. The number of thioether (sulfide) groups is 1.